The van der Waals surface area contributed by atoms with Gasteiger partial charge < -0.3 is 5.32 Å². The van der Waals surface area contributed by atoms with E-state index in [1.54, 1.807) is 12.1 Å². The van der Waals surface area contributed by atoms with Crippen LogP contribution in [0.2, 0.25) is 0 Å². The smallest absolute Gasteiger partial charge is 0.123 e. The van der Waals surface area contributed by atoms with Crippen molar-refractivity contribution in [1.29, 1.82) is 0 Å². The van der Waals surface area contributed by atoms with E-state index in [0.29, 0.717) is 0 Å². The number of hydrogen-bond acceptors (Lipinski definition) is 1. The van der Waals surface area contributed by atoms with Crippen molar-refractivity contribution in [2.45, 2.75) is 32.7 Å². The number of rotatable bonds is 6. The largest absolute Gasteiger partial charge is 0.310 e. The molecule has 0 radical (unpaired) electrons. The van der Waals surface area contributed by atoms with Crippen LogP contribution in [0.4, 0.5) is 4.39 Å². The standard InChI is InChI=1S/C14H20FN/c1-4-8-16-14(11(2)3)10-12-6-5-7-13(15)9-12/h5-7,9,14,16H,2,4,8,10H2,1,3H3. The molecule has 0 aliphatic carbocycles. The van der Waals surface area contributed by atoms with Crippen LogP contribution in [0.15, 0.2) is 36.4 Å². The van der Waals surface area contributed by atoms with E-state index in [9.17, 15) is 4.39 Å². The van der Waals surface area contributed by atoms with Crippen molar-refractivity contribution in [3.63, 3.8) is 0 Å². The zero-order valence-electron chi connectivity index (χ0n) is 10.1. The highest BCUT2D eigenvalue weighted by Gasteiger charge is 2.09. The second-order valence-corrected chi connectivity index (χ2v) is 4.19. The quantitative estimate of drug-likeness (QED) is 0.727. The van der Waals surface area contributed by atoms with Gasteiger partial charge in [-0.15, -0.1) is 0 Å². The molecule has 88 valence electrons. The first-order chi connectivity index (χ1) is 7.63. The van der Waals surface area contributed by atoms with Crippen molar-refractivity contribution in [1.82, 2.24) is 5.32 Å². The number of benzene rings is 1. The minimum Gasteiger partial charge on any atom is -0.310 e. The van der Waals surface area contributed by atoms with Crippen LogP contribution >= 0.6 is 0 Å². The molecular formula is C14H20FN. The van der Waals surface area contributed by atoms with Gasteiger partial charge in [-0.25, -0.2) is 4.39 Å². The molecule has 1 nitrogen and oxygen atoms in total. The molecule has 0 aromatic heterocycles. The average Bonchev–Trinajstić information content (AvgIpc) is 2.24. The predicted molar refractivity (Wildman–Crippen MR) is 67.0 cm³/mol. The third kappa shape index (κ3) is 4.15. The maximum atomic E-state index is 13.0. The molecule has 0 amide bonds. The predicted octanol–water partition coefficient (Wildman–Crippen LogP) is 3.31. The fourth-order valence-electron chi connectivity index (χ4n) is 1.64. The Hall–Kier alpha value is -1.15. The van der Waals surface area contributed by atoms with Crippen LogP contribution in [-0.4, -0.2) is 12.6 Å². The maximum absolute atomic E-state index is 13.0. The average molecular weight is 221 g/mol. The van der Waals surface area contributed by atoms with Crippen molar-refractivity contribution < 1.29 is 4.39 Å². The number of halogens is 1. The Bertz CT molecular complexity index is 346. The number of nitrogens with one attached hydrogen (secondary N) is 1. The Labute approximate surface area is 97.4 Å². The highest BCUT2D eigenvalue weighted by molar-refractivity contribution is 5.20. The molecule has 1 N–H and O–H groups in total. The number of hydrogen-bond donors (Lipinski definition) is 1. The van der Waals surface area contributed by atoms with Crippen LogP contribution < -0.4 is 5.32 Å². The van der Waals surface area contributed by atoms with E-state index in [2.05, 4.69) is 18.8 Å². The molecule has 1 atom stereocenters. The fraction of sp³-hybridized carbons (Fsp3) is 0.429. The second-order valence-electron chi connectivity index (χ2n) is 4.19. The first-order valence-corrected chi connectivity index (χ1v) is 5.76. The molecule has 0 spiro atoms. The van der Waals surface area contributed by atoms with Gasteiger partial charge >= 0.3 is 0 Å². The zero-order valence-corrected chi connectivity index (χ0v) is 10.1. The molecule has 2 heteroatoms. The summed E-state index contributed by atoms with van der Waals surface area (Å²) in [5.41, 5.74) is 2.11. The third-order valence-electron chi connectivity index (χ3n) is 2.56. The minimum atomic E-state index is -0.173. The van der Waals surface area contributed by atoms with E-state index >= 15 is 0 Å². The maximum Gasteiger partial charge on any atom is 0.123 e. The van der Waals surface area contributed by atoms with Gasteiger partial charge in [-0.2, -0.15) is 0 Å². The second kappa shape index (κ2) is 6.44. The lowest BCUT2D eigenvalue weighted by atomic mass is 10.0. The van der Waals surface area contributed by atoms with E-state index in [1.165, 1.54) is 6.07 Å². The lowest BCUT2D eigenvalue weighted by molar-refractivity contribution is 0.560. The van der Waals surface area contributed by atoms with Crippen LogP contribution in [-0.2, 0) is 6.42 Å². The summed E-state index contributed by atoms with van der Waals surface area (Å²) < 4.78 is 13.0. The first-order valence-electron chi connectivity index (χ1n) is 5.76. The van der Waals surface area contributed by atoms with Gasteiger partial charge in [-0.05, 0) is 44.0 Å². The van der Waals surface area contributed by atoms with Gasteiger partial charge in [0, 0.05) is 6.04 Å². The topological polar surface area (TPSA) is 12.0 Å². The molecule has 0 bridgehead atoms. The minimum absolute atomic E-state index is 0.173. The Balaban J connectivity index is 2.64. The van der Waals surface area contributed by atoms with Crippen LogP contribution in [0.3, 0.4) is 0 Å². The van der Waals surface area contributed by atoms with Gasteiger partial charge in [-0.1, -0.05) is 31.2 Å². The first kappa shape index (κ1) is 12.9. The van der Waals surface area contributed by atoms with Gasteiger partial charge in [0.2, 0.25) is 0 Å². The Morgan fingerprint density at radius 1 is 1.50 bits per heavy atom. The summed E-state index contributed by atoms with van der Waals surface area (Å²) >= 11 is 0. The van der Waals surface area contributed by atoms with E-state index in [0.717, 1.165) is 30.5 Å². The molecule has 0 aliphatic rings. The molecule has 1 unspecified atom stereocenters. The summed E-state index contributed by atoms with van der Waals surface area (Å²) in [6.45, 7) is 9.07. The summed E-state index contributed by atoms with van der Waals surface area (Å²) in [6, 6.07) is 7.00. The van der Waals surface area contributed by atoms with Gasteiger partial charge in [0.15, 0.2) is 0 Å². The molecule has 0 saturated heterocycles. The summed E-state index contributed by atoms with van der Waals surface area (Å²) in [4.78, 5) is 0. The summed E-state index contributed by atoms with van der Waals surface area (Å²) in [7, 11) is 0. The highest BCUT2D eigenvalue weighted by Crippen LogP contribution is 2.10. The van der Waals surface area contributed by atoms with Crippen molar-refractivity contribution in [2.75, 3.05) is 6.54 Å². The molecule has 0 aliphatic heterocycles. The fourth-order valence-corrected chi connectivity index (χ4v) is 1.64. The zero-order chi connectivity index (χ0) is 12.0. The van der Waals surface area contributed by atoms with Crippen molar-refractivity contribution >= 4 is 0 Å². The molecule has 0 saturated carbocycles. The normalized spacial score (nSPS) is 12.4. The molecule has 16 heavy (non-hydrogen) atoms. The molecule has 1 aromatic carbocycles. The van der Waals surface area contributed by atoms with Crippen molar-refractivity contribution in [3.8, 4) is 0 Å². The van der Waals surface area contributed by atoms with E-state index in [-0.39, 0.29) is 11.9 Å². The van der Waals surface area contributed by atoms with E-state index in [4.69, 9.17) is 0 Å². The van der Waals surface area contributed by atoms with Gasteiger partial charge in [0.1, 0.15) is 5.82 Å². The monoisotopic (exact) mass is 221 g/mol. The summed E-state index contributed by atoms with van der Waals surface area (Å²) in [6.07, 6.45) is 1.89. The van der Waals surface area contributed by atoms with Gasteiger partial charge in [0.25, 0.3) is 0 Å². The third-order valence-corrected chi connectivity index (χ3v) is 2.56. The summed E-state index contributed by atoms with van der Waals surface area (Å²) in [5, 5.41) is 3.41. The van der Waals surface area contributed by atoms with Crippen LogP contribution in [0.5, 0.6) is 0 Å². The van der Waals surface area contributed by atoms with Gasteiger partial charge in [0.05, 0.1) is 0 Å². The highest BCUT2D eigenvalue weighted by atomic mass is 19.1. The van der Waals surface area contributed by atoms with Crippen molar-refractivity contribution in [3.05, 3.63) is 47.8 Å². The van der Waals surface area contributed by atoms with Gasteiger partial charge in [-0.3, -0.25) is 0 Å². The van der Waals surface area contributed by atoms with Crippen LogP contribution in [0, 0.1) is 5.82 Å². The van der Waals surface area contributed by atoms with Crippen LogP contribution in [0.25, 0.3) is 0 Å². The van der Waals surface area contributed by atoms with Crippen LogP contribution in [0.1, 0.15) is 25.8 Å². The Kier molecular flexibility index (Phi) is 5.20. The molecule has 0 fully saturated rings. The lowest BCUT2D eigenvalue weighted by Gasteiger charge is -2.18. The Morgan fingerprint density at radius 2 is 2.25 bits per heavy atom. The van der Waals surface area contributed by atoms with E-state index < -0.39 is 0 Å². The van der Waals surface area contributed by atoms with Crippen molar-refractivity contribution in [2.24, 2.45) is 0 Å². The lowest BCUT2D eigenvalue weighted by Crippen LogP contribution is -2.32. The van der Waals surface area contributed by atoms with E-state index in [1.807, 2.05) is 13.0 Å². The molecule has 1 aromatic rings. The SMILES string of the molecule is C=C(C)C(Cc1cccc(F)c1)NCCC. The summed E-state index contributed by atoms with van der Waals surface area (Å²) in [5.74, 6) is -0.173. The Morgan fingerprint density at radius 3 is 2.81 bits per heavy atom. The molecular weight excluding hydrogens is 201 g/mol. The molecule has 0 heterocycles. The molecule has 1 rings (SSSR count).